The molecular weight excluding hydrogens is 487 g/mol. The van der Waals surface area contributed by atoms with E-state index in [4.69, 9.17) is 48.4 Å². The van der Waals surface area contributed by atoms with Gasteiger partial charge in [-0.05, 0) is 63.9 Å². The summed E-state index contributed by atoms with van der Waals surface area (Å²) in [6.07, 6.45) is 6.88. The van der Waals surface area contributed by atoms with Gasteiger partial charge in [0.2, 0.25) is 0 Å². The first-order valence-electron chi connectivity index (χ1n) is 12.5. The van der Waals surface area contributed by atoms with Crippen LogP contribution in [-0.2, 0) is 9.47 Å². The molecular formula is C26H32Cl2N4O3. The first-order chi connectivity index (χ1) is 16.8. The predicted octanol–water partition coefficient (Wildman–Crippen LogP) is 5.19. The van der Waals surface area contributed by atoms with Crippen molar-refractivity contribution in [1.29, 1.82) is 0 Å². The number of carbonyl (C=O) groups is 1. The molecule has 1 saturated heterocycles. The molecule has 1 spiro atoms. The summed E-state index contributed by atoms with van der Waals surface area (Å²) in [5.41, 5.74) is 8.76. The normalized spacial score (nSPS) is 23.6. The second-order valence-electron chi connectivity index (χ2n) is 10.0. The third-order valence-corrected chi connectivity index (χ3v) is 8.45. The summed E-state index contributed by atoms with van der Waals surface area (Å²) in [6.45, 7) is 5.40. The number of nitrogens with two attached hydrogens (primary N) is 1. The van der Waals surface area contributed by atoms with Crippen molar-refractivity contribution in [2.75, 3.05) is 24.6 Å². The number of benzene rings is 1. The van der Waals surface area contributed by atoms with E-state index in [0.717, 1.165) is 38.8 Å². The average Bonchev–Trinajstić information content (AvgIpc) is 3.60. The number of hydrogen-bond donors (Lipinski definition) is 1. The third-order valence-electron chi connectivity index (χ3n) is 7.63. The summed E-state index contributed by atoms with van der Waals surface area (Å²) < 4.78 is 11.5. The Labute approximate surface area is 216 Å². The summed E-state index contributed by atoms with van der Waals surface area (Å²) in [5, 5.41) is 0.803. The average molecular weight is 519 g/mol. The molecule has 2 atom stereocenters. The Kier molecular flexibility index (Phi) is 6.96. The van der Waals surface area contributed by atoms with Crippen molar-refractivity contribution < 1.29 is 14.3 Å². The highest BCUT2D eigenvalue weighted by Gasteiger charge is 2.49. The molecule has 188 valence electrons. The van der Waals surface area contributed by atoms with Crippen molar-refractivity contribution in [2.45, 2.75) is 70.6 Å². The number of anilines is 1. The van der Waals surface area contributed by atoms with Crippen LogP contribution in [0.1, 0.15) is 61.6 Å². The quantitative estimate of drug-likeness (QED) is 0.526. The minimum Gasteiger partial charge on any atom is -0.461 e. The smallest absolute Gasteiger partial charge is 0.360 e. The molecule has 0 radical (unpaired) electrons. The van der Waals surface area contributed by atoms with Crippen molar-refractivity contribution in [1.82, 2.24) is 9.97 Å². The molecule has 0 unspecified atom stereocenters. The Balaban J connectivity index is 1.42. The van der Waals surface area contributed by atoms with Crippen LogP contribution in [0, 0.1) is 12.3 Å². The molecule has 35 heavy (non-hydrogen) atoms. The van der Waals surface area contributed by atoms with Gasteiger partial charge < -0.3 is 20.1 Å². The maximum atomic E-state index is 13.0. The van der Waals surface area contributed by atoms with Crippen molar-refractivity contribution in [3.8, 4) is 11.3 Å². The van der Waals surface area contributed by atoms with Crippen LogP contribution in [0.25, 0.3) is 11.3 Å². The highest BCUT2D eigenvalue weighted by Crippen LogP contribution is 2.48. The molecule has 2 N–H and O–H groups in total. The first kappa shape index (κ1) is 24.8. The number of aryl methyl sites for hydroxylation is 1. The summed E-state index contributed by atoms with van der Waals surface area (Å²) in [7, 11) is 0. The molecule has 9 heteroatoms. The minimum atomic E-state index is -0.495. The monoisotopic (exact) mass is 518 g/mol. The number of halogens is 2. The highest BCUT2D eigenvalue weighted by molar-refractivity contribution is 6.43. The Morgan fingerprint density at radius 3 is 2.63 bits per heavy atom. The van der Waals surface area contributed by atoms with Gasteiger partial charge in [-0.3, -0.25) is 0 Å². The van der Waals surface area contributed by atoms with Crippen molar-refractivity contribution >= 4 is 35.0 Å². The Morgan fingerprint density at radius 2 is 1.94 bits per heavy atom. The fourth-order valence-electron chi connectivity index (χ4n) is 5.55. The molecule has 2 aromatic rings. The molecule has 2 heterocycles. The molecule has 5 rings (SSSR count). The van der Waals surface area contributed by atoms with E-state index in [0.29, 0.717) is 38.9 Å². The fourth-order valence-corrected chi connectivity index (χ4v) is 5.94. The van der Waals surface area contributed by atoms with Gasteiger partial charge in [0.1, 0.15) is 0 Å². The summed E-state index contributed by atoms with van der Waals surface area (Å²) in [4.78, 5) is 24.7. The topological polar surface area (TPSA) is 90.6 Å². The number of rotatable bonds is 6. The van der Waals surface area contributed by atoms with Crippen LogP contribution in [0.15, 0.2) is 18.2 Å². The van der Waals surface area contributed by atoms with Crippen LogP contribution in [0.2, 0.25) is 10.0 Å². The maximum Gasteiger partial charge on any atom is 0.360 e. The lowest BCUT2D eigenvalue weighted by atomic mass is 9.74. The Morgan fingerprint density at radius 1 is 1.20 bits per heavy atom. The van der Waals surface area contributed by atoms with Crippen LogP contribution in [0.5, 0.6) is 0 Å². The van der Waals surface area contributed by atoms with Crippen LogP contribution in [-0.4, -0.2) is 53.9 Å². The van der Waals surface area contributed by atoms with Gasteiger partial charge in [-0.15, -0.1) is 0 Å². The van der Waals surface area contributed by atoms with Gasteiger partial charge >= 0.3 is 5.97 Å². The van der Waals surface area contributed by atoms with E-state index in [1.54, 1.807) is 19.1 Å². The van der Waals surface area contributed by atoms with Crippen molar-refractivity contribution in [3.63, 3.8) is 0 Å². The fraction of sp³-hybridized carbons (Fsp3) is 0.577. The van der Waals surface area contributed by atoms with E-state index >= 15 is 0 Å². The molecule has 1 aromatic heterocycles. The maximum absolute atomic E-state index is 13.0. The molecule has 0 amide bonds. The van der Waals surface area contributed by atoms with Crippen LogP contribution >= 0.6 is 23.2 Å². The van der Waals surface area contributed by atoms with E-state index in [1.165, 1.54) is 12.8 Å². The SMILES string of the molecule is CCOC(=O)c1nc(-c2cccc(Cl)c2Cl)c(C)nc1N1CCC2(CC1)C[C@@H](OC1CC1)C[C@H]2N. The van der Waals surface area contributed by atoms with Gasteiger partial charge in [0.05, 0.1) is 40.2 Å². The van der Waals surface area contributed by atoms with Crippen molar-refractivity contribution in [2.24, 2.45) is 11.1 Å². The summed E-state index contributed by atoms with van der Waals surface area (Å²) in [5.74, 6) is 0.0557. The van der Waals surface area contributed by atoms with E-state index in [-0.39, 0.29) is 29.9 Å². The lowest BCUT2D eigenvalue weighted by molar-refractivity contribution is 0.0335. The Bertz CT molecular complexity index is 1120. The standard InChI is InChI=1S/C26H32Cl2N4O3/c1-3-34-25(33)23-24(30-15(2)22(31-23)18-5-4-6-19(27)21(18)28)32-11-9-26(10-12-32)14-17(13-20(26)29)35-16-7-8-16/h4-6,16-17,20H,3,7-14,29H2,1-2H3/t17-,20+/m0/s1. The molecule has 0 bridgehead atoms. The van der Waals surface area contributed by atoms with E-state index < -0.39 is 5.97 Å². The number of hydrogen-bond acceptors (Lipinski definition) is 7. The highest BCUT2D eigenvalue weighted by atomic mass is 35.5. The van der Waals surface area contributed by atoms with Crippen LogP contribution in [0.4, 0.5) is 5.82 Å². The van der Waals surface area contributed by atoms with E-state index in [1.807, 2.05) is 13.0 Å². The summed E-state index contributed by atoms with van der Waals surface area (Å²) >= 11 is 12.7. The largest absolute Gasteiger partial charge is 0.461 e. The van der Waals surface area contributed by atoms with Gasteiger partial charge in [-0.1, -0.05) is 35.3 Å². The molecule has 7 nitrogen and oxygen atoms in total. The van der Waals surface area contributed by atoms with Gasteiger partial charge in [-0.25, -0.2) is 14.8 Å². The van der Waals surface area contributed by atoms with E-state index in [2.05, 4.69) is 4.90 Å². The molecule has 2 saturated carbocycles. The van der Waals surface area contributed by atoms with Crippen LogP contribution < -0.4 is 10.6 Å². The zero-order valence-electron chi connectivity index (χ0n) is 20.2. The number of aromatic nitrogens is 2. The first-order valence-corrected chi connectivity index (χ1v) is 13.2. The second kappa shape index (κ2) is 9.85. The van der Waals surface area contributed by atoms with Crippen molar-refractivity contribution in [3.05, 3.63) is 39.6 Å². The lowest BCUT2D eigenvalue weighted by Crippen LogP contribution is -2.47. The number of piperidine rings is 1. The van der Waals surface area contributed by atoms with Gasteiger partial charge in [-0.2, -0.15) is 0 Å². The predicted molar refractivity (Wildman–Crippen MR) is 137 cm³/mol. The van der Waals surface area contributed by atoms with Gasteiger partial charge in [0.25, 0.3) is 0 Å². The molecule has 1 aliphatic heterocycles. The molecule has 3 fully saturated rings. The van der Waals surface area contributed by atoms with E-state index in [9.17, 15) is 4.79 Å². The number of nitrogens with zero attached hydrogens (tertiary/aromatic N) is 3. The Hall–Kier alpha value is -1.93. The summed E-state index contributed by atoms with van der Waals surface area (Å²) in [6, 6.07) is 5.48. The molecule has 1 aromatic carbocycles. The number of ether oxygens (including phenoxy) is 2. The third kappa shape index (κ3) is 4.88. The zero-order valence-corrected chi connectivity index (χ0v) is 21.7. The zero-order chi connectivity index (χ0) is 24.7. The number of carbonyl (C=O) groups excluding carboxylic acids is 1. The number of esters is 1. The van der Waals surface area contributed by atoms with Gasteiger partial charge in [0.15, 0.2) is 11.5 Å². The van der Waals surface area contributed by atoms with Crippen LogP contribution in [0.3, 0.4) is 0 Å². The molecule has 3 aliphatic rings. The van der Waals surface area contributed by atoms with Gasteiger partial charge in [0, 0.05) is 24.7 Å². The molecule has 2 aliphatic carbocycles. The lowest BCUT2D eigenvalue weighted by Gasteiger charge is -2.42. The second-order valence-corrected chi connectivity index (χ2v) is 10.8. The minimum absolute atomic E-state index is 0.0802.